The van der Waals surface area contributed by atoms with Crippen molar-refractivity contribution in [2.24, 2.45) is 0 Å². The fourth-order valence-corrected chi connectivity index (χ4v) is 4.62. The largest absolute Gasteiger partial charge is 0.481 e. The minimum Gasteiger partial charge on any atom is -0.481 e. The Morgan fingerprint density at radius 2 is 1.50 bits per heavy atom. The molecule has 2 fully saturated rings. The number of hydrazine groups is 1. The SMILES string of the molecule is O=C(O)CCCCCNNC(=O)c1cc(F)c(NC2CCCCC2)cc1NC1CCCC1. The summed E-state index contributed by atoms with van der Waals surface area (Å²) in [5.41, 5.74) is 6.96. The lowest BCUT2D eigenvalue weighted by atomic mass is 9.95. The second kappa shape index (κ2) is 12.6. The van der Waals surface area contributed by atoms with Gasteiger partial charge in [-0.2, -0.15) is 0 Å². The van der Waals surface area contributed by atoms with E-state index in [9.17, 15) is 14.0 Å². The number of carboxylic acid groups (broad SMARTS) is 1. The minimum atomic E-state index is -0.794. The molecule has 1 aromatic rings. The molecule has 0 saturated heterocycles. The molecule has 1 amide bonds. The summed E-state index contributed by atoms with van der Waals surface area (Å²) in [5.74, 6) is -1.58. The molecule has 0 heterocycles. The predicted molar refractivity (Wildman–Crippen MR) is 124 cm³/mol. The van der Waals surface area contributed by atoms with E-state index >= 15 is 0 Å². The maximum atomic E-state index is 14.9. The van der Waals surface area contributed by atoms with Crippen LogP contribution in [0.3, 0.4) is 0 Å². The number of amides is 1. The Bertz CT molecular complexity index is 762. The molecule has 2 aliphatic rings. The van der Waals surface area contributed by atoms with Crippen LogP contribution in [0.2, 0.25) is 0 Å². The van der Waals surface area contributed by atoms with Crippen LogP contribution in [-0.2, 0) is 4.79 Å². The van der Waals surface area contributed by atoms with Crippen LogP contribution >= 0.6 is 0 Å². The van der Waals surface area contributed by atoms with Gasteiger partial charge in [-0.3, -0.25) is 15.0 Å². The van der Waals surface area contributed by atoms with E-state index in [-0.39, 0.29) is 18.4 Å². The quantitative estimate of drug-likeness (QED) is 0.232. The lowest BCUT2D eigenvalue weighted by Gasteiger charge is -2.25. The fourth-order valence-electron chi connectivity index (χ4n) is 4.62. The minimum absolute atomic E-state index is 0.156. The van der Waals surface area contributed by atoms with E-state index in [2.05, 4.69) is 21.5 Å². The third kappa shape index (κ3) is 7.65. The molecular weight excluding hydrogens is 411 g/mol. The Morgan fingerprint density at radius 3 is 2.16 bits per heavy atom. The zero-order chi connectivity index (χ0) is 22.8. The van der Waals surface area contributed by atoms with Gasteiger partial charge in [-0.1, -0.05) is 38.5 Å². The highest BCUT2D eigenvalue weighted by Crippen LogP contribution is 2.30. The molecule has 0 bridgehead atoms. The number of halogens is 1. The number of hydrogen-bond acceptors (Lipinski definition) is 5. The fraction of sp³-hybridized carbons (Fsp3) is 0.667. The van der Waals surface area contributed by atoms with Crippen molar-refractivity contribution in [1.29, 1.82) is 0 Å². The summed E-state index contributed by atoms with van der Waals surface area (Å²) in [6.45, 7) is 0.528. The summed E-state index contributed by atoms with van der Waals surface area (Å²) in [6.07, 6.45) is 12.4. The van der Waals surface area contributed by atoms with Crippen molar-refractivity contribution in [2.45, 2.75) is 95.6 Å². The van der Waals surface area contributed by atoms with Gasteiger partial charge in [0, 0.05) is 30.7 Å². The zero-order valence-electron chi connectivity index (χ0n) is 18.9. The molecule has 7 nitrogen and oxygen atoms in total. The number of carbonyl (C=O) groups excluding carboxylic acids is 1. The smallest absolute Gasteiger partial charge is 0.303 e. The van der Waals surface area contributed by atoms with Crippen LogP contribution in [0, 0.1) is 5.82 Å². The van der Waals surface area contributed by atoms with Crippen LogP contribution in [0.15, 0.2) is 12.1 Å². The molecule has 3 rings (SSSR count). The highest BCUT2D eigenvalue weighted by Gasteiger charge is 2.22. The van der Waals surface area contributed by atoms with Gasteiger partial charge in [-0.05, 0) is 50.7 Å². The Balaban J connectivity index is 1.61. The van der Waals surface area contributed by atoms with Crippen molar-refractivity contribution in [3.05, 3.63) is 23.5 Å². The maximum Gasteiger partial charge on any atom is 0.303 e. The van der Waals surface area contributed by atoms with Crippen molar-refractivity contribution >= 4 is 23.3 Å². The molecule has 0 aromatic heterocycles. The van der Waals surface area contributed by atoms with Gasteiger partial charge in [-0.15, -0.1) is 0 Å². The lowest BCUT2D eigenvalue weighted by Crippen LogP contribution is -2.38. The number of unbranched alkanes of at least 4 members (excludes halogenated alkanes) is 2. The number of aliphatic carboxylic acids is 1. The zero-order valence-corrected chi connectivity index (χ0v) is 18.9. The van der Waals surface area contributed by atoms with E-state index in [1.165, 1.54) is 12.5 Å². The van der Waals surface area contributed by atoms with Gasteiger partial charge in [0.15, 0.2) is 0 Å². The molecule has 5 N–H and O–H groups in total. The first kappa shape index (κ1) is 24.3. The monoisotopic (exact) mass is 448 g/mol. The molecule has 2 aliphatic carbocycles. The molecule has 1 aromatic carbocycles. The van der Waals surface area contributed by atoms with Crippen LogP contribution in [0.5, 0.6) is 0 Å². The summed E-state index contributed by atoms with van der Waals surface area (Å²) >= 11 is 0. The number of carbonyl (C=O) groups is 2. The second-order valence-electron chi connectivity index (χ2n) is 9.07. The molecular formula is C24H37FN4O3. The van der Waals surface area contributed by atoms with Gasteiger partial charge in [0.1, 0.15) is 5.82 Å². The van der Waals surface area contributed by atoms with E-state index in [0.717, 1.165) is 64.2 Å². The third-order valence-electron chi connectivity index (χ3n) is 6.43. The first-order chi connectivity index (χ1) is 15.5. The van der Waals surface area contributed by atoms with Gasteiger partial charge in [-0.25, -0.2) is 9.82 Å². The Labute approximate surface area is 189 Å². The Hall–Kier alpha value is -2.35. The summed E-state index contributed by atoms with van der Waals surface area (Å²) in [7, 11) is 0. The third-order valence-corrected chi connectivity index (χ3v) is 6.43. The first-order valence-electron chi connectivity index (χ1n) is 12.1. The summed E-state index contributed by atoms with van der Waals surface area (Å²) in [6, 6.07) is 3.66. The summed E-state index contributed by atoms with van der Waals surface area (Å²) in [4.78, 5) is 23.3. The van der Waals surface area contributed by atoms with Crippen molar-refractivity contribution < 1.29 is 19.1 Å². The van der Waals surface area contributed by atoms with Crippen LogP contribution in [0.25, 0.3) is 0 Å². The molecule has 0 radical (unpaired) electrons. The van der Waals surface area contributed by atoms with Gasteiger partial charge >= 0.3 is 5.97 Å². The highest BCUT2D eigenvalue weighted by atomic mass is 19.1. The average Bonchev–Trinajstić information content (AvgIpc) is 3.28. The van der Waals surface area contributed by atoms with Crippen LogP contribution < -0.4 is 21.5 Å². The standard InChI is InChI=1S/C24H37FN4O3/c25-20-15-19(24(32)29-26-14-8-2-5-13-23(30)31)21(27-17-11-6-7-12-17)16-22(20)28-18-9-3-1-4-10-18/h15-18,26-28H,1-14H2,(H,29,32)(H,30,31). The van der Waals surface area contributed by atoms with E-state index in [0.29, 0.717) is 35.9 Å². The van der Waals surface area contributed by atoms with E-state index in [1.54, 1.807) is 6.07 Å². The summed E-state index contributed by atoms with van der Waals surface area (Å²) < 4.78 is 14.9. The van der Waals surface area contributed by atoms with Gasteiger partial charge in [0.2, 0.25) is 0 Å². The maximum absolute atomic E-state index is 14.9. The molecule has 0 atom stereocenters. The summed E-state index contributed by atoms with van der Waals surface area (Å²) in [5, 5.41) is 15.5. The molecule has 8 heteroatoms. The van der Waals surface area contributed by atoms with Gasteiger partial charge in [0.25, 0.3) is 5.91 Å². The molecule has 32 heavy (non-hydrogen) atoms. The lowest BCUT2D eigenvalue weighted by molar-refractivity contribution is -0.137. The van der Waals surface area contributed by atoms with E-state index < -0.39 is 11.8 Å². The van der Waals surface area contributed by atoms with Crippen LogP contribution in [-0.4, -0.2) is 35.6 Å². The van der Waals surface area contributed by atoms with Crippen molar-refractivity contribution in [1.82, 2.24) is 10.9 Å². The van der Waals surface area contributed by atoms with Gasteiger partial charge in [0.05, 0.1) is 11.3 Å². The Morgan fingerprint density at radius 1 is 0.875 bits per heavy atom. The van der Waals surface area contributed by atoms with Crippen molar-refractivity contribution in [3.8, 4) is 0 Å². The number of hydrogen-bond donors (Lipinski definition) is 5. The van der Waals surface area contributed by atoms with Crippen LogP contribution in [0.1, 0.15) is 93.8 Å². The number of rotatable bonds is 12. The predicted octanol–water partition coefficient (Wildman–Crippen LogP) is 4.80. The van der Waals surface area contributed by atoms with Crippen molar-refractivity contribution in [2.75, 3.05) is 17.2 Å². The molecule has 0 unspecified atom stereocenters. The van der Waals surface area contributed by atoms with Crippen LogP contribution in [0.4, 0.5) is 15.8 Å². The van der Waals surface area contributed by atoms with E-state index in [1.807, 2.05) is 0 Å². The number of anilines is 2. The molecule has 2 saturated carbocycles. The molecule has 0 spiro atoms. The first-order valence-corrected chi connectivity index (χ1v) is 12.1. The second-order valence-corrected chi connectivity index (χ2v) is 9.07. The number of carboxylic acids is 1. The topological polar surface area (TPSA) is 102 Å². The normalized spacial score (nSPS) is 17.3. The molecule has 0 aliphatic heterocycles. The molecule has 178 valence electrons. The number of benzene rings is 1. The van der Waals surface area contributed by atoms with E-state index in [4.69, 9.17) is 5.11 Å². The van der Waals surface area contributed by atoms with Crippen molar-refractivity contribution in [3.63, 3.8) is 0 Å². The highest BCUT2D eigenvalue weighted by molar-refractivity contribution is 6.00. The Kier molecular flexibility index (Phi) is 9.59. The average molecular weight is 449 g/mol. The number of nitrogens with one attached hydrogen (secondary N) is 4. The van der Waals surface area contributed by atoms with Gasteiger partial charge < -0.3 is 15.7 Å².